The van der Waals surface area contributed by atoms with E-state index in [9.17, 15) is 9.59 Å². The monoisotopic (exact) mass is 486 g/mol. The number of benzene rings is 2. The second-order valence-electron chi connectivity index (χ2n) is 5.65. The van der Waals surface area contributed by atoms with Crippen LogP contribution in [0.4, 0.5) is 0 Å². The number of ether oxygens (including phenoxy) is 1. The summed E-state index contributed by atoms with van der Waals surface area (Å²) in [4.78, 5) is 26.3. The fraction of sp³-hybridized carbons (Fsp3) is 0.263. The third-order valence-electron chi connectivity index (χ3n) is 3.89. The van der Waals surface area contributed by atoms with Crippen molar-refractivity contribution in [2.45, 2.75) is 19.5 Å². The minimum atomic E-state index is -0.649. The summed E-state index contributed by atoms with van der Waals surface area (Å²) in [6.45, 7) is 1.74. The predicted octanol–water partition coefficient (Wildman–Crippen LogP) is 3.49. The molecule has 1 N–H and O–H groups in total. The number of hydrogen-bond donors (Lipinski definition) is 1. The van der Waals surface area contributed by atoms with E-state index in [0.29, 0.717) is 10.8 Å². The molecule has 0 aliphatic heterocycles. The lowest BCUT2D eigenvalue weighted by molar-refractivity contribution is -0.142. The third-order valence-corrected chi connectivity index (χ3v) is 4.98. The van der Waals surface area contributed by atoms with Gasteiger partial charge >= 0.3 is 0 Å². The number of likely N-dealkylation sites (N-methyl/N-ethyl adjacent to an activating group) is 1. The van der Waals surface area contributed by atoms with Crippen LogP contribution in [0.25, 0.3) is 0 Å². The van der Waals surface area contributed by atoms with Gasteiger partial charge in [-0.25, -0.2) is 0 Å². The number of carbonyl (C=O) groups is 2. The first-order valence-electron chi connectivity index (χ1n) is 8.05. The summed E-state index contributed by atoms with van der Waals surface area (Å²) in [6.07, 6.45) is 0. The topological polar surface area (TPSA) is 58.6 Å². The normalized spacial score (nSPS) is 11.5. The molecule has 0 aliphatic rings. The second kappa shape index (κ2) is 9.78. The molecule has 1 atom stereocenters. The maximum atomic E-state index is 12.7. The van der Waals surface area contributed by atoms with E-state index in [0.717, 1.165) is 9.13 Å². The number of hydrogen-bond acceptors (Lipinski definition) is 3. The van der Waals surface area contributed by atoms with E-state index < -0.39 is 6.04 Å². The quantitative estimate of drug-likeness (QED) is 0.610. The van der Waals surface area contributed by atoms with Crippen LogP contribution in [0.1, 0.15) is 12.5 Å². The molecule has 26 heavy (non-hydrogen) atoms. The van der Waals surface area contributed by atoms with Gasteiger partial charge in [-0.15, -0.1) is 0 Å². The van der Waals surface area contributed by atoms with Gasteiger partial charge in [0.2, 0.25) is 5.91 Å². The maximum absolute atomic E-state index is 12.7. The zero-order valence-electron chi connectivity index (χ0n) is 14.5. The Bertz CT molecular complexity index is 768. The molecule has 2 aromatic rings. The second-order valence-corrected chi connectivity index (χ2v) is 7.30. The molecule has 0 saturated heterocycles. The lowest BCUT2D eigenvalue weighted by atomic mass is 10.1. The first-order chi connectivity index (χ1) is 12.4. The molecule has 0 aliphatic carbocycles. The van der Waals surface area contributed by atoms with Gasteiger partial charge in [-0.05, 0) is 65.4 Å². The molecular weight excluding hydrogens is 467 g/mol. The fourth-order valence-electron chi connectivity index (χ4n) is 2.36. The standard InChI is InChI=1S/C19H20ClIN2O3/c1-13(19(25)22-2)23(11-14-5-3-4-6-17(14)20)18(24)12-26-16-9-7-15(21)8-10-16/h3-10,13H,11-12H2,1-2H3,(H,22,25)/t13-/m1/s1. The van der Waals surface area contributed by atoms with Crippen LogP contribution in [0.3, 0.4) is 0 Å². The van der Waals surface area contributed by atoms with Crippen molar-refractivity contribution in [3.8, 4) is 5.75 Å². The summed E-state index contributed by atoms with van der Waals surface area (Å²) in [5.74, 6) is 0.0586. The van der Waals surface area contributed by atoms with Gasteiger partial charge in [0.25, 0.3) is 5.91 Å². The van der Waals surface area contributed by atoms with E-state index in [2.05, 4.69) is 27.9 Å². The molecule has 0 heterocycles. The van der Waals surface area contributed by atoms with Gasteiger partial charge < -0.3 is 15.0 Å². The first-order valence-corrected chi connectivity index (χ1v) is 9.51. The fourth-order valence-corrected chi connectivity index (χ4v) is 2.92. The Labute approximate surface area is 171 Å². The highest BCUT2D eigenvalue weighted by molar-refractivity contribution is 14.1. The Morgan fingerprint density at radius 1 is 1.19 bits per heavy atom. The molecule has 0 spiro atoms. The zero-order chi connectivity index (χ0) is 19.1. The number of nitrogens with zero attached hydrogens (tertiary/aromatic N) is 1. The van der Waals surface area contributed by atoms with Crippen LogP contribution in [0.2, 0.25) is 5.02 Å². The Balaban J connectivity index is 2.13. The molecule has 0 aromatic heterocycles. The molecule has 0 radical (unpaired) electrons. The molecule has 5 nitrogen and oxygen atoms in total. The highest BCUT2D eigenvalue weighted by Crippen LogP contribution is 2.19. The highest BCUT2D eigenvalue weighted by Gasteiger charge is 2.26. The van der Waals surface area contributed by atoms with Gasteiger partial charge in [-0.2, -0.15) is 0 Å². The van der Waals surface area contributed by atoms with Gasteiger partial charge in [-0.3, -0.25) is 9.59 Å². The van der Waals surface area contributed by atoms with Crippen LogP contribution in [0, 0.1) is 3.57 Å². The molecule has 2 aromatic carbocycles. The van der Waals surface area contributed by atoms with Gasteiger partial charge in [0.15, 0.2) is 6.61 Å². The van der Waals surface area contributed by atoms with Crippen molar-refractivity contribution in [1.82, 2.24) is 10.2 Å². The molecule has 138 valence electrons. The van der Waals surface area contributed by atoms with Crippen LogP contribution in [-0.2, 0) is 16.1 Å². The predicted molar refractivity (Wildman–Crippen MR) is 110 cm³/mol. The van der Waals surface area contributed by atoms with Crippen LogP contribution in [0.15, 0.2) is 48.5 Å². The van der Waals surface area contributed by atoms with E-state index in [4.69, 9.17) is 16.3 Å². The summed E-state index contributed by atoms with van der Waals surface area (Å²) < 4.78 is 6.65. The van der Waals surface area contributed by atoms with Crippen LogP contribution in [0.5, 0.6) is 5.75 Å². The highest BCUT2D eigenvalue weighted by atomic mass is 127. The van der Waals surface area contributed by atoms with Crippen LogP contribution in [-0.4, -0.2) is 36.4 Å². The Morgan fingerprint density at radius 3 is 2.46 bits per heavy atom. The molecule has 0 saturated carbocycles. The largest absolute Gasteiger partial charge is 0.484 e. The van der Waals surface area contributed by atoms with E-state index in [1.54, 1.807) is 32.2 Å². The molecule has 2 rings (SSSR count). The molecule has 0 fully saturated rings. The molecule has 0 bridgehead atoms. The van der Waals surface area contributed by atoms with Crippen molar-refractivity contribution in [2.24, 2.45) is 0 Å². The van der Waals surface area contributed by atoms with E-state index >= 15 is 0 Å². The van der Waals surface area contributed by atoms with Crippen molar-refractivity contribution in [3.05, 3.63) is 62.7 Å². The van der Waals surface area contributed by atoms with Gasteiger partial charge in [0.05, 0.1) is 0 Å². The van der Waals surface area contributed by atoms with Crippen LogP contribution >= 0.6 is 34.2 Å². The summed E-state index contributed by atoms with van der Waals surface area (Å²) in [7, 11) is 1.54. The number of carbonyl (C=O) groups excluding carboxylic acids is 2. The lowest BCUT2D eigenvalue weighted by Gasteiger charge is -2.28. The lowest BCUT2D eigenvalue weighted by Crippen LogP contribution is -2.48. The molecule has 7 heteroatoms. The number of halogens is 2. The third kappa shape index (κ3) is 5.60. The van der Waals surface area contributed by atoms with Gasteiger partial charge in [0, 0.05) is 22.2 Å². The van der Waals surface area contributed by atoms with Crippen molar-refractivity contribution in [2.75, 3.05) is 13.7 Å². The SMILES string of the molecule is CNC(=O)[C@@H](C)N(Cc1ccccc1Cl)C(=O)COc1ccc(I)cc1. The molecular formula is C19H20ClIN2O3. The maximum Gasteiger partial charge on any atom is 0.261 e. The summed E-state index contributed by atoms with van der Waals surface area (Å²) in [5.41, 5.74) is 0.771. The minimum absolute atomic E-state index is 0.160. The van der Waals surface area contributed by atoms with E-state index in [1.165, 1.54) is 4.90 Å². The van der Waals surface area contributed by atoms with Crippen LogP contribution < -0.4 is 10.1 Å². The van der Waals surface area contributed by atoms with Crippen molar-refractivity contribution >= 4 is 46.0 Å². The summed E-state index contributed by atoms with van der Waals surface area (Å²) >= 11 is 8.41. The average Bonchev–Trinajstić information content (AvgIpc) is 2.65. The summed E-state index contributed by atoms with van der Waals surface area (Å²) in [6, 6.07) is 14.0. The zero-order valence-corrected chi connectivity index (χ0v) is 17.5. The van der Waals surface area contributed by atoms with E-state index in [1.807, 2.05) is 30.3 Å². The number of amides is 2. The van der Waals surface area contributed by atoms with Gasteiger partial charge in [0.1, 0.15) is 11.8 Å². The Morgan fingerprint density at radius 2 is 1.85 bits per heavy atom. The molecule has 2 amide bonds. The number of nitrogens with one attached hydrogen (secondary N) is 1. The molecule has 0 unspecified atom stereocenters. The first kappa shape index (κ1) is 20.5. The van der Waals surface area contributed by atoms with Crippen molar-refractivity contribution in [3.63, 3.8) is 0 Å². The number of rotatable bonds is 7. The summed E-state index contributed by atoms with van der Waals surface area (Å²) in [5, 5.41) is 3.12. The van der Waals surface area contributed by atoms with Crippen molar-refractivity contribution < 1.29 is 14.3 Å². The van der Waals surface area contributed by atoms with Crippen molar-refractivity contribution in [1.29, 1.82) is 0 Å². The van der Waals surface area contributed by atoms with Gasteiger partial charge in [-0.1, -0.05) is 29.8 Å². The Hall–Kier alpha value is -1.80. The smallest absolute Gasteiger partial charge is 0.261 e. The van der Waals surface area contributed by atoms with E-state index in [-0.39, 0.29) is 25.0 Å². The minimum Gasteiger partial charge on any atom is -0.484 e. The average molecular weight is 487 g/mol. The Kier molecular flexibility index (Phi) is 7.71.